The van der Waals surface area contributed by atoms with Gasteiger partial charge in [0.1, 0.15) is 11.8 Å². The molecule has 0 fully saturated rings. The fourth-order valence-corrected chi connectivity index (χ4v) is 4.26. The van der Waals surface area contributed by atoms with Crippen molar-refractivity contribution in [3.63, 3.8) is 0 Å². The first-order valence-corrected chi connectivity index (χ1v) is 12.3. The summed E-state index contributed by atoms with van der Waals surface area (Å²) >= 11 is 0. The molecule has 0 spiro atoms. The molecular weight excluding hydrogens is 430 g/mol. The minimum Gasteiger partial charge on any atom is -0.494 e. The average molecular weight is 462 g/mol. The van der Waals surface area contributed by atoms with E-state index in [0.29, 0.717) is 35.8 Å². The van der Waals surface area contributed by atoms with Crippen LogP contribution < -0.4 is 19.7 Å². The largest absolute Gasteiger partial charge is 0.494 e. The van der Waals surface area contributed by atoms with Crippen LogP contribution in [0.15, 0.2) is 48.5 Å². The normalized spacial score (nSPS) is 12.2. The maximum Gasteiger partial charge on any atom is 0.253 e. The number of nitrogens with one attached hydrogen (secondary N) is 2. The average Bonchev–Trinajstić information content (AvgIpc) is 2.73. The molecule has 0 saturated heterocycles. The minimum absolute atomic E-state index is 0.276. The van der Waals surface area contributed by atoms with Gasteiger partial charge < -0.3 is 15.4 Å². The lowest BCUT2D eigenvalue weighted by molar-refractivity contribution is -0.116. The van der Waals surface area contributed by atoms with E-state index < -0.39 is 22.0 Å². The lowest BCUT2D eigenvalue weighted by atomic mass is 10.1. The summed E-state index contributed by atoms with van der Waals surface area (Å²) in [6.07, 6.45) is 1.04. The molecule has 1 unspecified atom stereocenters. The molecule has 2 N–H and O–H groups in total. The Morgan fingerprint density at radius 3 is 2.22 bits per heavy atom. The molecule has 9 heteroatoms. The number of carbonyl (C=O) groups is 2. The van der Waals surface area contributed by atoms with Crippen molar-refractivity contribution in [1.29, 1.82) is 0 Å². The van der Waals surface area contributed by atoms with E-state index in [0.717, 1.165) is 10.6 Å². The number of sulfonamides is 1. The molecule has 2 amide bonds. The SMILES string of the molecule is CCOc1ccc(N(C(C)C(=O)Nc2ccccc2C(=O)NCC(C)C)S(C)(=O)=O)cc1. The Hall–Kier alpha value is -3.07. The zero-order chi connectivity index (χ0) is 23.9. The van der Waals surface area contributed by atoms with E-state index >= 15 is 0 Å². The number of nitrogens with zero attached hydrogens (tertiary/aromatic N) is 1. The number of benzene rings is 2. The van der Waals surface area contributed by atoms with Gasteiger partial charge in [0.25, 0.3) is 5.91 Å². The topological polar surface area (TPSA) is 105 Å². The van der Waals surface area contributed by atoms with Crippen LogP contribution in [0.5, 0.6) is 5.75 Å². The highest BCUT2D eigenvalue weighted by atomic mass is 32.2. The lowest BCUT2D eigenvalue weighted by Gasteiger charge is -2.28. The van der Waals surface area contributed by atoms with Crippen LogP contribution >= 0.6 is 0 Å². The van der Waals surface area contributed by atoms with Gasteiger partial charge in [0.05, 0.1) is 29.8 Å². The molecule has 8 nitrogen and oxygen atoms in total. The fourth-order valence-electron chi connectivity index (χ4n) is 3.08. The summed E-state index contributed by atoms with van der Waals surface area (Å²) in [5, 5.41) is 5.52. The van der Waals surface area contributed by atoms with Crippen LogP contribution in [0.3, 0.4) is 0 Å². The van der Waals surface area contributed by atoms with Gasteiger partial charge in [-0.05, 0) is 56.2 Å². The number of amides is 2. The standard InChI is InChI=1S/C23H31N3O5S/c1-6-31-19-13-11-18(12-14-19)26(32(5,29)30)17(4)22(27)25-21-10-8-7-9-20(21)23(28)24-15-16(2)3/h7-14,16-17H,6,15H2,1-5H3,(H,24,28)(H,25,27). The van der Waals surface area contributed by atoms with Crippen LogP contribution in [0.1, 0.15) is 38.1 Å². The molecule has 0 bridgehead atoms. The molecule has 1 atom stereocenters. The van der Waals surface area contributed by atoms with E-state index in [2.05, 4.69) is 10.6 Å². The number of hydrogen-bond donors (Lipinski definition) is 2. The molecule has 0 aliphatic carbocycles. The molecule has 0 aromatic heterocycles. The van der Waals surface area contributed by atoms with E-state index in [1.165, 1.54) is 6.92 Å². The monoisotopic (exact) mass is 461 g/mol. The van der Waals surface area contributed by atoms with Crippen LogP contribution in [-0.2, 0) is 14.8 Å². The van der Waals surface area contributed by atoms with Gasteiger partial charge >= 0.3 is 0 Å². The summed E-state index contributed by atoms with van der Waals surface area (Å²) in [4.78, 5) is 25.6. The van der Waals surface area contributed by atoms with Crippen molar-refractivity contribution in [2.75, 3.05) is 29.0 Å². The Balaban J connectivity index is 2.27. The van der Waals surface area contributed by atoms with Gasteiger partial charge in [0.2, 0.25) is 15.9 Å². The second kappa shape index (κ2) is 11.0. The second-order valence-corrected chi connectivity index (χ2v) is 9.66. The van der Waals surface area contributed by atoms with Crippen molar-refractivity contribution in [2.24, 2.45) is 5.92 Å². The fraction of sp³-hybridized carbons (Fsp3) is 0.391. The summed E-state index contributed by atoms with van der Waals surface area (Å²) in [5.41, 5.74) is 0.952. The third-order valence-electron chi connectivity index (χ3n) is 4.59. The summed E-state index contributed by atoms with van der Waals surface area (Å²) in [7, 11) is -3.77. The Labute approximate surface area is 190 Å². The van der Waals surface area contributed by atoms with Gasteiger partial charge in [0.15, 0.2) is 0 Å². The highest BCUT2D eigenvalue weighted by Crippen LogP contribution is 2.25. The molecule has 174 valence electrons. The van der Waals surface area contributed by atoms with Gasteiger partial charge in [0, 0.05) is 6.54 Å². The van der Waals surface area contributed by atoms with Crippen LogP contribution in [0, 0.1) is 5.92 Å². The van der Waals surface area contributed by atoms with Crippen LogP contribution in [0.2, 0.25) is 0 Å². The number of ether oxygens (including phenoxy) is 1. The van der Waals surface area contributed by atoms with Crippen molar-refractivity contribution in [3.05, 3.63) is 54.1 Å². The van der Waals surface area contributed by atoms with Crippen molar-refractivity contribution in [1.82, 2.24) is 5.32 Å². The molecule has 2 rings (SSSR count). The predicted octanol–water partition coefficient (Wildman–Crippen LogP) is 3.26. The van der Waals surface area contributed by atoms with Crippen LogP contribution in [-0.4, -0.2) is 45.7 Å². The molecule has 0 aliphatic rings. The van der Waals surface area contributed by atoms with E-state index in [4.69, 9.17) is 4.74 Å². The highest BCUT2D eigenvalue weighted by molar-refractivity contribution is 7.92. The molecule has 0 radical (unpaired) electrons. The Bertz CT molecular complexity index is 1040. The van der Waals surface area contributed by atoms with Gasteiger partial charge in [-0.1, -0.05) is 26.0 Å². The van der Waals surface area contributed by atoms with Crippen LogP contribution in [0.25, 0.3) is 0 Å². The molecule has 2 aromatic carbocycles. The first-order valence-electron chi connectivity index (χ1n) is 10.4. The van der Waals surface area contributed by atoms with Gasteiger partial charge in [-0.15, -0.1) is 0 Å². The Kier molecular flexibility index (Phi) is 8.65. The van der Waals surface area contributed by atoms with Gasteiger partial charge in [-0.2, -0.15) is 0 Å². The molecule has 2 aromatic rings. The second-order valence-electron chi connectivity index (χ2n) is 7.80. The molecule has 32 heavy (non-hydrogen) atoms. The van der Waals surface area contributed by atoms with Crippen molar-refractivity contribution >= 4 is 33.2 Å². The van der Waals surface area contributed by atoms with Crippen molar-refractivity contribution in [3.8, 4) is 5.75 Å². The van der Waals surface area contributed by atoms with E-state index in [1.54, 1.807) is 48.5 Å². The zero-order valence-corrected chi connectivity index (χ0v) is 19.9. The van der Waals surface area contributed by atoms with E-state index in [-0.39, 0.29) is 11.8 Å². The predicted molar refractivity (Wildman–Crippen MR) is 127 cm³/mol. The van der Waals surface area contributed by atoms with Gasteiger partial charge in [-0.3, -0.25) is 13.9 Å². The third-order valence-corrected chi connectivity index (χ3v) is 5.83. The summed E-state index contributed by atoms with van der Waals surface area (Å²) < 4.78 is 31.5. The Morgan fingerprint density at radius 1 is 1.03 bits per heavy atom. The van der Waals surface area contributed by atoms with Crippen molar-refractivity contribution < 1.29 is 22.7 Å². The summed E-state index contributed by atoms with van der Waals surface area (Å²) in [6.45, 7) is 8.29. The number of carbonyl (C=O) groups excluding carboxylic acids is 2. The quantitative estimate of drug-likeness (QED) is 0.565. The Morgan fingerprint density at radius 2 is 1.66 bits per heavy atom. The molecule has 0 heterocycles. The summed E-state index contributed by atoms with van der Waals surface area (Å²) in [6, 6.07) is 12.0. The van der Waals surface area contributed by atoms with Crippen molar-refractivity contribution in [2.45, 2.75) is 33.7 Å². The van der Waals surface area contributed by atoms with E-state index in [9.17, 15) is 18.0 Å². The first kappa shape index (κ1) is 25.2. The van der Waals surface area contributed by atoms with Crippen LogP contribution in [0.4, 0.5) is 11.4 Å². The third kappa shape index (κ3) is 6.71. The number of rotatable bonds is 10. The van der Waals surface area contributed by atoms with E-state index in [1.807, 2.05) is 20.8 Å². The number of para-hydroxylation sites is 1. The first-order chi connectivity index (χ1) is 15.0. The summed E-state index contributed by atoms with van der Waals surface area (Å²) in [5.74, 6) is 0.00320. The number of hydrogen-bond acceptors (Lipinski definition) is 5. The molecular formula is C23H31N3O5S. The number of anilines is 2. The van der Waals surface area contributed by atoms with Gasteiger partial charge in [-0.25, -0.2) is 8.42 Å². The smallest absolute Gasteiger partial charge is 0.253 e. The zero-order valence-electron chi connectivity index (χ0n) is 19.1. The lowest BCUT2D eigenvalue weighted by Crippen LogP contribution is -2.45. The minimum atomic E-state index is -3.77. The highest BCUT2D eigenvalue weighted by Gasteiger charge is 2.30. The maximum atomic E-state index is 13.0. The molecule has 0 aliphatic heterocycles. The molecule has 0 saturated carbocycles. The maximum absolute atomic E-state index is 13.0.